The topological polar surface area (TPSA) is 75.7 Å². The summed E-state index contributed by atoms with van der Waals surface area (Å²) in [5, 5.41) is 0. The minimum atomic E-state index is -3.47. The van der Waals surface area contributed by atoms with Crippen LogP contribution in [0.3, 0.4) is 0 Å². The summed E-state index contributed by atoms with van der Waals surface area (Å²) in [4.78, 5) is 17.0. The van der Waals surface area contributed by atoms with Crippen molar-refractivity contribution < 1.29 is 18.0 Å². The fraction of sp³-hybridized carbons (Fsp3) is 0.462. The molecule has 1 atom stereocenters. The lowest BCUT2D eigenvalue weighted by molar-refractivity contribution is -0.137. The van der Waals surface area contributed by atoms with Gasteiger partial charge in [-0.15, -0.1) is 0 Å². The lowest BCUT2D eigenvalue weighted by atomic mass is 9.95. The van der Waals surface area contributed by atoms with E-state index < -0.39 is 22.0 Å². The Morgan fingerprint density at radius 3 is 2.65 bits per heavy atom. The zero-order valence-electron chi connectivity index (χ0n) is 11.5. The van der Waals surface area contributed by atoms with E-state index >= 15 is 0 Å². The third-order valence-corrected chi connectivity index (χ3v) is 4.49. The third kappa shape index (κ3) is 3.17. The van der Waals surface area contributed by atoms with Gasteiger partial charge >= 0.3 is 0 Å². The van der Waals surface area contributed by atoms with Gasteiger partial charge in [-0.1, -0.05) is 24.3 Å². The molecular weight excluding hydrogens is 280 g/mol. The van der Waals surface area contributed by atoms with Gasteiger partial charge in [0.15, 0.2) is 0 Å². The summed E-state index contributed by atoms with van der Waals surface area (Å²) in [5.41, 5.74) is 4.21. The van der Waals surface area contributed by atoms with Gasteiger partial charge in [0.2, 0.25) is 10.0 Å². The van der Waals surface area contributed by atoms with Crippen LogP contribution in [0.15, 0.2) is 24.3 Å². The third-order valence-electron chi connectivity index (χ3n) is 3.25. The summed E-state index contributed by atoms with van der Waals surface area (Å²) >= 11 is 0. The highest BCUT2D eigenvalue weighted by Crippen LogP contribution is 2.25. The minimum absolute atomic E-state index is 0.208. The van der Waals surface area contributed by atoms with E-state index in [-0.39, 0.29) is 6.54 Å². The van der Waals surface area contributed by atoms with Crippen molar-refractivity contribution in [1.82, 2.24) is 9.79 Å². The van der Waals surface area contributed by atoms with Crippen LogP contribution in [0.4, 0.5) is 0 Å². The molecule has 0 fully saturated rings. The quantitative estimate of drug-likeness (QED) is 0.819. The number of amides is 1. The number of nitrogens with one attached hydrogen (secondary N) is 1. The number of fused-ring (bicyclic) bond motifs is 1. The molecule has 0 radical (unpaired) electrons. The second kappa shape index (κ2) is 5.90. The van der Waals surface area contributed by atoms with Gasteiger partial charge < -0.3 is 0 Å². The van der Waals surface area contributed by atoms with Gasteiger partial charge in [-0.3, -0.25) is 9.63 Å². The second-order valence-corrected chi connectivity index (χ2v) is 6.63. The zero-order valence-corrected chi connectivity index (χ0v) is 12.3. The number of hydroxylamine groups is 1. The SMILES string of the molecule is CCONC(=O)[C@@H]1Cc2ccccc2CN1S(C)(=O)=O. The van der Waals surface area contributed by atoms with E-state index in [1.165, 1.54) is 4.31 Å². The van der Waals surface area contributed by atoms with Crippen molar-refractivity contribution in [3.8, 4) is 0 Å². The Morgan fingerprint density at radius 2 is 2.05 bits per heavy atom. The highest BCUT2D eigenvalue weighted by Gasteiger charge is 2.36. The molecule has 1 amide bonds. The standard InChI is InChI=1S/C13H18N2O4S/c1-3-19-14-13(16)12-8-10-6-4-5-7-11(10)9-15(12)20(2,17)18/h4-7,12H,3,8-9H2,1-2H3,(H,14,16)/t12-/m0/s1. The van der Waals surface area contributed by atoms with Crippen LogP contribution in [-0.4, -0.2) is 37.5 Å². The fourth-order valence-electron chi connectivity index (χ4n) is 2.28. The van der Waals surface area contributed by atoms with Crippen LogP contribution in [0.5, 0.6) is 0 Å². The molecule has 1 N–H and O–H groups in total. The lowest BCUT2D eigenvalue weighted by Gasteiger charge is -2.33. The molecular formula is C13H18N2O4S. The number of sulfonamides is 1. The fourth-order valence-corrected chi connectivity index (χ4v) is 3.29. The number of benzene rings is 1. The minimum Gasteiger partial charge on any atom is -0.274 e. The molecule has 0 saturated heterocycles. The van der Waals surface area contributed by atoms with Crippen LogP contribution >= 0.6 is 0 Å². The van der Waals surface area contributed by atoms with E-state index in [0.717, 1.165) is 17.4 Å². The van der Waals surface area contributed by atoms with Crippen LogP contribution in [0.2, 0.25) is 0 Å². The predicted molar refractivity (Wildman–Crippen MR) is 74.1 cm³/mol. The van der Waals surface area contributed by atoms with E-state index in [1.54, 1.807) is 6.92 Å². The first-order chi connectivity index (χ1) is 9.43. The van der Waals surface area contributed by atoms with Gasteiger partial charge in [0.1, 0.15) is 6.04 Å². The van der Waals surface area contributed by atoms with E-state index in [2.05, 4.69) is 5.48 Å². The molecule has 6 nitrogen and oxygen atoms in total. The maximum absolute atomic E-state index is 12.1. The predicted octanol–water partition coefficient (Wildman–Crippen LogP) is 0.441. The van der Waals surface area contributed by atoms with Crippen LogP contribution in [0, 0.1) is 0 Å². The number of nitrogens with zero attached hydrogens (tertiary/aromatic N) is 1. The largest absolute Gasteiger partial charge is 0.274 e. The molecule has 1 aliphatic rings. The molecule has 1 aromatic rings. The van der Waals surface area contributed by atoms with Gasteiger partial charge in [0.05, 0.1) is 12.9 Å². The molecule has 0 bridgehead atoms. The smallest absolute Gasteiger partial charge is 0.262 e. The highest BCUT2D eigenvalue weighted by atomic mass is 32.2. The number of carbonyl (C=O) groups excluding carboxylic acids is 1. The summed E-state index contributed by atoms with van der Waals surface area (Å²) < 4.78 is 25.0. The summed E-state index contributed by atoms with van der Waals surface area (Å²) in [7, 11) is -3.47. The van der Waals surface area contributed by atoms with E-state index in [1.807, 2.05) is 24.3 Å². The van der Waals surface area contributed by atoms with Crippen LogP contribution in [0.1, 0.15) is 18.1 Å². The molecule has 110 valence electrons. The molecule has 0 saturated carbocycles. The number of carbonyl (C=O) groups is 1. The summed E-state index contributed by atoms with van der Waals surface area (Å²) in [6.07, 6.45) is 1.46. The molecule has 0 spiro atoms. The van der Waals surface area contributed by atoms with Gasteiger partial charge in [-0.05, 0) is 24.5 Å². The van der Waals surface area contributed by atoms with Crippen molar-refractivity contribution in [2.45, 2.75) is 25.9 Å². The Kier molecular flexibility index (Phi) is 4.42. The van der Waals surface area contributed by atoms with Gasteiger partial charge in [-0.25, -0.2) is 13.9 Å². The monoisotopic (exact) mass is 298 g/mol. The summed E-state index contributed by atoms with van der Waals surface area (Å²) in [5.74, 6) is -0.438. The van der Waals surface area contributed by atoms with Crippen molar-refractivity contribution in [1.29, 1.82) is 0 Å². The lowest BCUT2D eigenvalue weighted by Crippen LogP contribution is -2.52. The average molecular weight is 298 g/mol. The maximum Gasteiger partial charge on any atom is 0.262 e. The van der Waals surface area contributed by atoms with Crippen LogP contribution in [-0.2, 0) is 32.6 Å². The van der Waals surface area contributed by atoms with Crippen molar-refractivity contribution in [3.63, 3.8) is 0 Å². The number of hydrogen-bond acceptors (Lipinski definition) is 4. The van der Waals surface area contributed by atoms with E-state index in [0.29, 0.717) is 13.0 Å². The second-order valence-electron chi connectivity index (χ2n) is 4.70. The Balaban J connectivity index is 2.30. The molecule has 7 heteroatoms. The molecule has 20 heavy (non-hydrogen) atoms. The highest BCUT2D eigenvalue weighted by molar-refractivity contribution is 7.88. The molecule has 0 aliphatic carbocycles. The van der Waals surface area contributed by atoms with Crippen molar-refractivity contribution in [3.05, 3.63) is 35.4 Å². The Labute approximate surface area is 118 Å². The van der Waals surface area contributed by atoms with Crippen LogP contribution in [0.25, 0.3) is 0 Å². The average Bonchev–Trinajstić information content (AvgIpc) is 2.42. The van der Waals surface area contributed by atoms with Crippen molar-refractivity contribution in [2.24, 2.45) is 0 Å². The summed E-state index contributed by atoms with van der Waals surface area (Å²) in [6, 6.07) is 6.76. The summed E-state index contributed by atoms with van der Waals surface area (Å²) in [6.45, 7) is 2.28. The van der Waals surface area contributed by atoms with Gasteiger partial charge in [0, 0.05) is 6.54 Å². The zero-order chi connectivity index (χ0) is 14.8. The molecule has 0 aromatic heterocycles. The van der Waals surface area contributed by atoms with Crippen molar-refractivity contribution in [2.75, 3.05) is 12.9 Å². The molecule has 2 rings (SSSR count). The van der Waals surface area contributed by atoms with Gasteiger partial charge in [-0.2, -0.15) is 4.31 Å². The van der Waals surface area contributed by atoms with E-state index in [4.69, 9.17) is 4.84 Å². The molecule has 0 unspecified atom stereocenters. The Morgan fingerprint density at radius 1 is 1.40 bits per heavy atom. The molecule has 1 aromatic carbocycles. The van der Waals surface area contributed by atoms with Gasteiger partial charge in [0.25, 0.3) is 5.91 Å². The molecule has 1 heterocycles. The first kappa shape index (κ1) is 15.0. The number of hydrogen-bond donors (Lipinski definition) is 1. The molecule has 1 aliphatic heterocycles. The Hall–Kier alpha value is -1.44. The number of rotatable bonds is 4. The normalized spacial score (nSPS) is 19.4. The van der Waals surface area contributed by atoms with E-state index in [9.17, 15) is 13.2 Å². The maximum atomic E-state index is 12.1. The van der Waals surface area contributed by atoms with Crippen molar-refractivity contribution >= 4 is 15.9 Å². The van der Waals surface area contributed by atoms with Crippen LogP contribution < -0.4 is 5.48 Å². The Bertz CT molecular complexity index is 600. The first-order valence-electron chi connectivity index (χ1n) is 6.38. The first-order valence-corrected chi connectivity index (χ1v) is 8.23.